The van der Waals surface area contributed by atoms with Gasteiger partial charge in [0.15, 0.2) is 17.5 Å². The lowest BCUT2D eigenvalue weighted by Gasteiger charge is -2.39. The Balaban J connectivity index is 1.32. The second kappa shape index (κ2) is 25.0. The Morgan fingerprint density at radius 3 is 0.633 bits per heavy atom. The van der Waals surface area contributed by atoms with E-state index < -0.39 is 0 Å². The molecule has 40 heteroatoms. The van der Waals surface area contributed by atoms with Crippen molar-refractivity contribution in [3.05, 3.63) is 16.7 Å². The van der Waals surface area contributed by atoms with E-state index in [1.165, 1.54) is 258 Å². The van der Waals surface area contributed by atoms with Crippen LogP contribution in [0.25, 0.3) is 101 Å². The molecule has 1 atom stereocenters. The van der Waals surface area contributed by atoms with E-state index in [4.69, 9.17) is 19.4 Å². The highest BCUT2D eigenvalue weighted by Crippen LogP contribution is 2.44. The first kappa shape index (κ1) is 71.9. The summed E-state index contributed by atoms with van der Waals surface area (Å²) < 4.78 is 8.25. The molecule has 11 aromatic rings. The number of hydrogen-bond acceptors (Lipinski definition) is 4. The van der Waals surface area contributed by atoms with Crippen molar-refractivity contribution < 1.29 is 4.42 Å². The highest BCUT2D eigenvalue weighted by atomic mass is 16.3. The van der Waals surface area contributed by atoms with E-state index in [-0.39, 0.29) is 5.92 Å². The standard InChI is InChI=1S/C58H73B36N3O/c59-18-2-3(5-7(23(64)42(83)40(81)21(5)62)9-8(24(65)43(84)44(85)25(9)66)6-4(2)20(61)39(80)41(82)22(6)63)19(60)26(67)10(18)1(11-27(68)45(86)51(92)46(87)28(11)69)12-29(70)37(78)30(71)13-14-31(72)38(79)36(77)17(55(14)98-54(12)13)58-96-56(15-32(73)47(88)52(93)48(89)33(15)74)95-57(97-58)16-34(75)49(90)53(94)50(91)35(16)76/h1H,59-94H2. The van der Waals surface area contributed by atoms with Gasteiger partial charge in [-0.2, -0.15) is 0 Å². The number of hydrogen-bond donors (Lipinski definition) is 0. The number of benzene rings is 9. The third-order valence-electron chi connectivity index (χ3n) is 27.8. The summed E-state index contributed by atoms with van der Waals surface area (Å²) >= 11 is 0. The summed E-state index contributed by atoms with van der Waals surface area (Å²) in [6.45, 7) is 0. The topological polar surface area (TPSA) is 51.8 Å². The summed E-state index contributed by atoms with van der Waals surface area (Å²) in [6, 6.07) is 0. The van der Waals surface area contributed by atoms with E-state index in [1.54, 1.807) is 0 Å². The fraction of sp³-hybridized carbons (Fsp3) is 0.0172. The van der Waals surface area contributed by atoms with Crippen LogP contribution in [0.2, 0.25) is 0 Å². The lowest BCUT2D eigenvalue weighted by molar-refractivity contribution is 0.663. The average Bonchev–Trinajstić information content (AvgIpc) is 0.882. The van der Waals surface area contributed by atoms with Crippen molar-refractivity contribution in [1.29, 1.82) is 0 Å². The molecule has 9 aromatic carbocycles. The number of rotatable bonds is 6. The molecule has 1 aliphatic carbocycles. The number of fused-ring (bicyclic) bond motifs is 11. The van der Waals surface area contributed by atoms with Crippen molar-refractivity contribution in [2.45, 2.75) is 5.92 Å². The molecule has 1 unspecified atom stereocenters. The van der Waals surface area contributed by atoms with E-state index in [9.17, 15) is 0 Å². The van der Waals surface area contributed by atoms with Crippen LogP contribution in [0, 0.1) is 0 Å². The van der Waals surface area contributed by atoms with Crippen molar-refractivity contribution in [2.75, 3.05) is 0 Å². The van der Waals surface area contributed by atoms with E-state index in [0.29, 0.717) is 17.5 Å². The van der Waals surface area contributed by atoms with Crippen molar-refractivity contribution in [3.63, 3.8) is 0 Å². The zero-order chi connectivity index (χ0) is 72.3. The van der Waals surface area contributed by atoms with Gasteiger partial charge < -0.3 is 4.42 Å². The maximum atomic E-state index is 8.25. The molecule has 0 bridgehead atoms. The van der Waals surface area contributed by atoms with Crippen LogP contribution in [-0.4, -0.2) is 297 Å². The quantitative estimate of drug-likeness (QED) is 0.123. The smallest absolute Gasteiger partial charge is 0.167 e. The molecule has 0 saturated heterocycles. The molecular weight excluding hydrogens is 1140 g/mol. The maximum Gasteiger partial charge on any atom is 0.167 e. The van der Waals surface area contributed by atoms with Gasteiger partial charge in [-0.15, -0.1) is 87.4 Å². The molecule has 4 nitrogen and oxygen atoms in total. The number of furan rings is 1. The van der Waals surface area contributed by atoms with Gasteiger partial charge in [-0.05, 0) is 55.6 Å². The highest BCUT2D eigenvalue weighted by Gasteiger charge is 2.39. The van der Waals surface area contributed by atoms with E-state index >= 15 is 0 Å². The minimum Gasteiger partial charge on any atom is -0.455 e. The van der Waals surface area contributed by atoms with Crippen LogP contribution in [0.15, 0.2) is 4.42 Å². The zero-order valence-corrected chi connectivity index (χ0v) is 66.8. The molecule has 0 spiro atoms. The van der Waals surface area contributed by atoms with E-state index in [2.05, 4.69) is 282 Å². The van der Waals surface area contributed by atoms with E-state index in [0.717, 1.165) is 38.7 Å². The van der Waals surface area contributed by atoms with Crippen molar-refractivity contribution >= 4 is 501 Å². The lowest BCUT2D eigenvalue weighted by atomic mass is 9.51. The van der Waals surface area contributed by atoms with Gasteiger partial charge in [0.05, 0.1) is 5.56 Å². The van der Waals surface area contributed by atoms with Gasteiger partial charge in [0, 0.05) is 33.4 Å². The fourth-order valence-electron chi connectivity index (χ4n) is 18.6. The second-order valence-electron chi connectivity index (χ2n) is 31.1. The summed E-state index contributed by atoms with van der Waals surface area (Å²) in [5.74, 6) is 1.76. The summed E-state index contributed by atoms with van der Waals surface area (Å²) in [7, 11) is 84.6. The third kappa shape index (κ3) is 9.81. The largest absolute Gasteiger partial charge is 0.455 e. The monoisotopic (exact) mass is 1220 g/mol. The average molecular weight is 1220 g/mol. The highest BCUT2D eigenvalue weighted by molar-refractivity contribution is 6.76. The SMILES string of the molecule is Bc1c(B)c(B)c(-c2nc(-c3c(B)c(B)c(B)c(B)c3B)nc(-c3c(B)c(B)c(B)c4c3oc3c(C(c5c(B)c(B)c(B)c(B)c5B)c5c(B)c(B)c6c(c5B)-c5c(B)c(B)c(B)c(B)c5-c5c(B)c(B)c(B)c(B)c5-c5c(B)c(B)c(B)c(B)c5-6)c(B)c(B)c(B)c34)n2)c(B)c1B. The van der Waals surface area contributed by atoms with Gasteiger partial charge in [0.1, 0.15) is 294 Å². The van der Waals surface area contributed by atoms with Gasteiger partial charge in [-0.3, -0.25) is 0 Å². The Morgan fingerprint density at radius 2 is 0.327 bits per heavy atom. The van der Waals surface area contributed by atoms with Gasteiger partial charge >= 0.3 is 0 Å². The van der Waals surface area contributed by atoms with E-state index in [1.807, 2.05) is 0 Å². The van der Waals surface area contributed by atoms with Crippen LogP contribution in [-0.2, 0) is 0 Å². The van der Waals surface area contributed by atoms with Crippen LogP contribution in [0.4, 0.5) is 0 Å². The maximum absolute atomic E-state index is 8.25. The molecule has 0 saturated carbocycles. The third-order valence-corrected chi connectivity index (χ3v) is 27.8. The summed E-state index contributed by atoms with van der Waals surface area (Å²) in [4.78, 5) is 17.2. The molecule has 12 rings (SSSR count). The van der Waals surface area contributed by atoms with Crippen molar-refractivity contribution in [3.8, 4) is 78.7 Å². The molecule has 2 heterocycles. The van der Waals surface area contributed by atoms with Crippen LogP contribution in [0.3, 0.4) is 0 Å². The van der Waals surface area contributed by atoms with Crippen molar-refractivity contribution in [1.82, 2.24) is 15.0 Å². The predicted molar refractivity (Wildman–Crippen MR) is 547 cm³/mol. The summed E-state index contributed by atoms with van der Waals surface area (Å²) in [5.41, 5.74) is 66.7. The molecule has 0 fully saturated rings. The molecule has 434 valence electrons. The van der Waals surface area contributed by atoms with Gasteiger partial charge in [-0.25, -0.2) is 15.0 Å². The van der Waals surface area contributed by atoms with Gasteiger partial charge in [0.25, 0.3) is 0 Å². The van der Waals surface area contributed by atoms with Crippen LogP contribution < -0.4 is 197 Å². The Kier molecular flexibility index (Phi) is 18.3. The summed E-state index contributed by atoms with van der Waals surface area (Å²) in [5, 5.41) is 2.30. The molecule has 0 aliphatic heterocycles. The molecule has 2 aromatic heterocycles. The first-order valence-corrected chi connectivity index (χ1v) is 36.1. The Bertz CT molecular complexity index is 5420. The number of nitrogens with zero attached hydrogens (tertiary/aromatic N) is 3. The molecule has 0 N–H and O–H groups in total. The minimum atomic E-state index is -0.260. The van der Waals surface area contributed by atoms with Crippen LogP contribution in [0.5, 0.6) is 0 Å². The Hall–Kier alpha value is -5.87. The van der Waals surface area contributed by atoms with Crippen LogP contribution in [0.1, 0.15) is 22.6 Å². The normalized spacial score (nSPS) is 12.1. The second-order valence-corrected chi connectivity index (χ2v) is 31.1. The first-order valence-electron chi connectivity index (χ1n) is 36.1. The number of aromatic nitrogens is 3. The Morgan fingerprint density at radius 1 is 0.153 bits per heavy atom. The molecule has 98 heavy (non-hydrogen) atoms. The van der Waals surface area contributed by atoms with Crippen molar-refractivity contribution in [2.24, 2.45) is 0 Å². The lowest BCUT2D eigenvalue weighted by Crippen LogP contribution is -2.58. The molecule has 0 amide bonds. The summed E-state index contributed by atoms with van der Waals surface area (Å²) in [6.07, 6.45) is 0. The Labute approximate surface area is 617 Å². The predicted octanol–water partition coefficient (Wildman–Crippen LogP) is -47.8. The zero-order valence-electron chi connectivity index (χ0n) is 66.8. The van der Waals surface area contributed by atoms with Crippen LogP contribution >= 0.6 is 0 Å². The van der Waals surface area contributed by atoms with Gasteiger partial charge in [-0.1, -0.05) is 109 Å². The molecule has 1 aliphatic rings. The first-order chi connectivity index (χ1) is 45.7. The minimum absolute atomic E-state index is 0.260. The van der Waals surface area contributed by atoms with Gasteiger partial charge in [0.2, 0.25) is 0 Å². The molecule has 0 radical (unpaired) electrons. The molecular formula is C58H73B36N3O. The fourth-order valence-corrected chi connectivity index (χ4v) is 18.6.